The number of nitrogens with zero attached hydrogens (tertiary/aromatic N) is 2. The monoisotopic (exact) mass is 396 g/mol. The Morgan fingerprint density at radius 3 is 2.83 bits per heavy atom. The first-order valence-corrected chi connectivity index (χ1v) is 10.4. The molecule has 0 unspecified atom stereocenters. The average Bonchev–Trinajstić information content (AvgIpc) is 3.25. The Hall–Kier alpha value is -2.57. The molecule has 0 bridgehead atoms. The van der Waals surface area contributed by atoms with Crippen molar-refractivity contribution in [2.75, 3.05) is 18.6 Å². The molecule has 0 N–H and O–H groups in total. The first kappa shape index (κ1) is 17.3. The van der Waals surface area contributed by atoms with Crippen molar-refractivity contribution in [3.8, 4) is 5.75 Å². The number of amides is 2. The zero-order valence-corrected chi connectivity index (χ0v) is 16.7. The Bertz CT molecular complexity index is 991. The second kappa shape index (κ2) is 5.12. The Kier molecular flexibility index (Phi) is 3.06. The third kappa shape index (κ3) is 1.60. The van der Waals surface area contributed by atoms with E-state index in [0.29, 0.717) is 18.7 Å². The highest BCUT2D eigenvalue weighted by Gasteiger charge is 2.84. The third-order valence-electron chi connectivity index (χ3n) is 8.27. The van der Waals surface area contributed by atoms with Gasteiger partial charge >= 0.3 is 5.97 Å². The molecule has 1 saturated carbocycles. The fourth-order valence-electron chi connectivity index (χ4n) is 7.62. The summed E-state index contributed by atoms with van der Waals surface area (Å²) in [6.45, 7) is 2.16. The summed E-state index contributed by atoms with van der Waals surface area (Å²) in [7, 11) is 1.60. The normalized spacial score (nSPS) is 38.9. The van der Waals surface area contributed by atoms with Gasteiger partial charge in [-0.15, -0.1) is 0 Å². The van der Waals surface area contributed by atoms with Crippen molar-refractivity contribution < 1.29 is 23.9 Å². The summed E-state index contributed by atoms with van der Waals surface area (Å²) in [5.74, 6) is 0.342. The van der Waals surface area contributed by atoms with Crippen LogP contribution in [0.25, 0.3) is 0 Å². The molecule has 1 aromatic carbocycles. The Morgan fingerprint density at radius 2 is 2.07 bits per heavy atom. The molecule has 152 valence electrons. The van der Waals surface area contributed by atoms with E-state index in [1.165, 1.54) is 0 Å². The van der Waals surface area contributed by atoms with Crippen LogP contribution < -0.4 is 9.64 Å². The molecule has 3 saturated heterocycles. The van der Waals surface area contributed by atoms with Crippen LogP contribution in [0.5, 0.6) is 5.75 Å². The zero-order valence-electron chi connectivity index (χ0n) is 16.7. The molecule has 2 spiro atoms. The predicted octanol–water partition coefficient (Wildman–Crippen LogP) is 2.12. The molecule has 0 aromatic heterocycles. The molecule has 7 heteroatoms. The molecule has 1 aromatic rings. The number of methoxy groups -OCH3 is 1. The van der Waals surface area contributed by atoms with Crippen molar-refractivity contribution in [3.05, 3.63) is 23.8 Å². The topological polar surface area (TPSA) is 76.2 Å². The van der Waals surface area contributed by atoms with E-state index >= 15 is 0 Å². The quantitative estimate of drug-likeness (QED) is 0.680. The van der Waals surface area contributed by atoms with Crippen molar-refractivity contribution in [3.63, 3.8) is 0 Å². The van der Waals surface area contributed by atoms with Crippen LogP contribution in [0.4, 0.5) is 5.69 Å². The fraction of sp³-hybridized carbons (Fsp3) is 0.591. The molecular weight excluding hydrogens is 372 g/mol. The van der Waals surface area contributed by atoms with Gasteiger partial charge in [-0.2, -0.15) is 0 Å². The summed E-state index contributed by atoms with van der Waals surface area (Å²) < 4.78 is 11.9. The summed E-state index contributed by atoms with van der Waals surface area (Å²) in [5, 5.41) is 0. The number of para-hydroxylation sites is 1. The minimum atomic E-state index is -0.999. The molecule has 4 atom stereocenters. The first-order valence-electron chi connectivity index (χ1n) is 10.4. The van der Waals surface area contributed by atoms with E-state index < -0.39 is 11.1 Å². The maximum absolute atomic E-state index is 13.4. The van der Waals surface area contributed by atoms with Crippen molar-refractivity contribution in [1.29, 1.82) is 0 Å². The highest BCUT2D eigenvalue weighted by Crippen LogP contribution is 2.74. The molecule has 29 heavy (non-hydrogen) atoms. The van der Waals surface area contributed by atoms with Gasteiger partial charge in [0.15, 0.2) is 0 Å². The number of carbonyl (C=O) groups is 3. The molecule has 7 nitrogen and oxygen atoms in total. The maximum Gasteiger partial charge on any atom is 0.308 e. The average molecular weight is 396 g/mol. The fourth-order valence-corrected chi connectivity index (χ4v) is 7.62. The molecule has 5 aliphatic rings. The lowest BCUT2D eigenvalue weighted by Crippen LogP contribution is -2.73. The first-order chi connectivity index (χ1) is 13.9. The Morgan fingerprint density at radius 1 is 1.24 bits per heavy atom. The largest absolute Gasteiger partial charge is 0.495 e. The number of piperidine rings is 1. The van der Waals surface area contributed by atoms with Crippen LogP contribution in [-0.4, -0.2) is 48.1 Å². The van der Waals surface area contributed by atoms with Gasteiger partial charge in [0.25, 0.3) is 0 Å². The number of ether oxygens (including phenoxy) is 2. The van der Waals surface area contributed by atoms with Crippen molar-refractivity contribution >= 4 is 23.5 Å². The SMILES string of the molecule is COc1cccc2c1N(C(C)=O)[C@@H]1CC[C@@]34CCCN5C(=O)C[C@@]21[C@]53OC(=O)C4. The van der Waals surface area contributed by atoms with Crippen LogP contribution in [0.1, 0.15) is 51.0 Å². The maximum atomic E-state index is 13.4. The van der Waals surface area contributed by atoms with E-state index in [9.17, 15) is 14.4 Å². The molecule has 4 heterocycles. The van der Waals surface area contributed by atoms with Crippen LogP contribution >= 0.6 is 0 Å². The molecule has 1 aliphatic carbocycles. The van der Waals surface area contributed by atoms with Crippen LogP contribution in [-0.2, 0) is 24.5 Å². The van der Waals surface area contributed by atoms with Gasteiger partial charge in [0, 0.05) is 25.3 Å². The Labute approximate surface area is 168 Å². The molecule has 4 aliphatic heterocycles. The lowest BCUT2D eigenvalue weighted by Gasteiger charge is -2.60. The van der Waals surface area contributed by atoms with Gasteiger partial charge in [-0.25, -0.2) is 0 Å². The lowest BCUT2D eigenvalue weighted by atomic mass is 9.50. The van der Waals surface area contributed by atoms with Gasteiger partial charge < -0.3 is 19.3 Å². The van der Waals surface area contributed by atoms with Gasteiger partial charge in [-0.3, -0.25) is 14.4 Å². The van der Waals surface area contributed by atoms with Gasteiger partial charge in [-0.1, -0.05) is 12.1 Å². The molecule has 2 amide bonds. The van der Waals surface area contributed by atoms with Crippen molar-refractivity contribution in [2.24, 2.45) is 5.41 Å². The number of esters is 1. The van der Waals surface area contributed by atoms with E-state index in [1.807, 2.05) is 28.0 Å². The van der Waals surface area contributed by atoms with Crippen LogP contribution in [0, 0.1) is 5.41 Å². The summed E-state index contributed by atoms with van der Waals surface area (Å²) in [4.78, 5) is 42.7. The van der Waals surface area contributed by atoms with Crippen LogP contribution in [0.3, 0.4) is 0 Å². The summed E-state index contributed by atoms with van der Waals surface area (Å²) in [6, 6.07) is 5.53. The van der Waals surface area contributed by atoms with Gasteiger partial charge in [0.2, 0.25) is 17.5 Å². The number of fused-ring (bicyclic) bond motifs is 1. The Balaban J connectivity index is 1.72. The number of hydrogen-bond donors (Lipinski definition) is 0. The van der Waals surface area contributed by atoms with Gasteiger partial charge in [0.1, 0.15) is 5.75 Å². The molecule has 6 rings (SSSR count). The summed E-state index contributed by atoms with van der Waals surface area (Å²) in [5.41, 5.74) is -0.474. The second-order valence-corrected chi connectivity index (χ2v) is 9.17. The lowest BCUT2D eigenvalue weighted by molar-refractivity contribution is -0.229. The molecule has 0 radical (unpaired) electrons. The van der Waals surface area contributed by atoms with Crippen LogP contribution in [0.2, 0.25) is 0 Å². The van der Waals surface area contributed by atoms with E-state index in [2.05, 4.69) is 0 Å². The zero-order chi connectivity index (χ0) is 20.2. The second-order valence-electron chi connectivity index (χ2n) is 9.17. The smallest absolute Gasteiger partial charge is 0.308 e. The number of carbonyl (C=O) groups excluding carboxylic acids is 3. The predicted molar refractivity (Wildman–Crippen MR) is 102 cm³/mol. The highest BCUT2D eigenvalue weighted by molar-refractivity contribution is 6.00. The minimum Gasteiger partial charge on any atom is -0.495 e. The van der Waals surface area contributed by atoms with E-state index in [1.54, 1.807) is 14.0 Å². The number of hydrogen-bond acceptors (Lipinski definition) is 5. The van der Waals surface area contributed by atoms with Crippen LogP contribution in [0.15, 0.2) is 18.2 Å². The van der Waals surface area contributed by atoms with E-state index in [0.717, 1.165) is 36.9 Å². The summed E-state index contributed by atoms with van der Waals surface area (Å²) >= 11 is 0. The number of rotatable bonds is 1. The van der Waals surface area contributed by atoms with Gasteiger partial charge in [0.05, 0.1) is 30.7 Å². The van der Waals surface area contributed by atoms with Gasteiger partial charge in [-0.05, 0) is 37.3 Å². The minimum absolute atomic E-state index is 0.0230. The third-order valence-corrected chi connectivity index (χ3v) is 8.27. The molecular formula is C22H24N2O5. The van der Waals surface area contributed by atoms with Crippen molar-refractivity contribution in [2.45, 2.75) is 62.6 Å². The number of anilines is 1. The number of benzene rings is 1. The van der Waals surface area contributed by atoms with Crippen molar-refractivity contribution in [1.82, 2.24) is 4.90 Å². The molecule has 4 fully saturated rings. The highest BCUT2D eigenvalue weighted by atomic mass is 16.6. The van der Waals surface area contributed by atoms with E-state index in [-0.39, 0.29) is 35.7 Å². The summed E-state index contributed by atoms with van der Waals surface area (Å²) in [6.07, 6.45) is 3.88. The standard InChI is InChI=1S/C22H24N2O5/c1-13(25)24-16-7-9-20-8-4-10-23-17(26)11-21(16,22(20,23)29-18(27)12-20)14-5-3-6-15(28-2)19(14)24/h3,5-6,16H,4,7-12H2,1-2H3/t16-,20-,21-,22+/m1/s1. The van der Waals surface area contributed by atoms with E-state index in [4.69, 9.17) is 9.47 Å².